The molecular formula is C18H20ClN3OS. The number of hydrogen-bond acceptors (Lipinski definition) is 3. The maximum Gasteiger partial charge on any atom is 0.173 e. The number of piperazine rings is 1. The zero-order chi connectivity index (χ0) is 16.9. The second kappa shape index (κ2) is 7.73. The lowest BCUT2D eigenvalue weighted by Gasteiger charge is -2.37. The summed E-state index contributed by atoms with van der Waals surface area (Å²) < 4.78 is 5.30. The first-order valence-corrected chi connectivity index (χ1v) is 8.65. The maximum absolute atomic E-state index is 6.18. The van der Waals surface area contributed by atoms with Gasteiger partial charge in [0, 0.05) is 37.9 Å². The number of ether oxygens (including phenoxy) is 1. The van der Waals surface area contributed by atoms with Crippen LogP contribution in [0.15, 0.2) is 48.5 Å². The predicted octanol–water partition coefficient (Wildman–Crippen LogP) is 3.87. The van der Waals surface area contributed by atoms with E-state index in [-0.39, 0.29) is 0 Å². The van der Waals surface area contributed by atoms with Crippen molar-refractivity contribution in [1.29, 1.82) is 0 Å². The Labute approximate surface area is 153 Å². The van der Waals surface area contributed by atoms with Crippen LogP contribution in [0.4, 0.5) is 11.4 Å². The molecule has 1 N–H and O–H groups in total. The van der Waals surface area contributed by atoms with Gasteiger partial charge in [-0.3, -0.25) is 0 Å². The minimum Gasteiger partial charge on any atom is -0.497 e. The van der Waals surface area contributed by atoms with Crippen molar-refractivity contribution < 1.29 is 4.74 Å². The first kappa shape index (κ1) is 16.9. The molecule has 1 fully saturated rings. The number of hydrogen-bond donors (Lipinski definition) is 1. The van der Waals surface area contributed by atoms with Crippen molar-refractivity contribution in [3.8, 4) is 5.75 Å². The fraction of sp³-hybridized carbons (Fsp3) is 0.278. The molecule has 0 aromatic heterocycles. The lowest BCUT2D eigenvalue weighted by atomic mass is 10.2. The Kier molecular flexibility index (Phi) is 5.43. The molecule has 126 valence electrons. The Morgan fingerprint density at radius 3 is 2.54 bits per heavy atom. The fourth-order valence-corrected chi connectivity index (χ4v) is 3.21. The highest BCUT2D eigenvalue weighted by Gasteiger charge is 2.19. The van der Waals surface area contributed by atoms with Crippen molar-refractivity contribution in [3.05, 3.63) is 53.6 Å². The van der Waals surface area contributed by atoms with Crippen LogP contribution in [0.2, 0.25) is 5.02 Å². The molecular weight excluding hydrogens is 342 g/mol. The molecule has 24 heavy (non-hydrogen) atoms. The number of thiocarbonyl (C=S) groups is 1. The Bertz CT molecular complexity index is 717. The molecule has 1 saturated heterocycles. The van der Waals surface area contributed by atoms with Crippen LogP contribution in [0.25, 0.3) is 0 Å². The lowest BCUT2D eigenvalue weighted by Crippen LogP contribution is -2.50. The number of nitrogens with zero attached hydrogens (tertiary/aromatic N) is 2. The van der Waals surface area contributed by atoms with E-state index < -0.39 is 0 Å². The second-order valence-electron chi connectivity index (χ2n) is 5.59. The summed E-state index contributed by atoms with van der Waals surface area (Å²) in [6.07, 6.45) is 0. The summed E-state index contributed by atoms with van der Waals surface area (Å²) in [5.41, 5.74) is 2.03. The first-order chi connectivity index (χ1) is 11.7. The standard InChI is InChI=1S/C18H20ClN3OS/c1-23-15-6-4-5-14(13-15)21-9-11-22(12-10-21)18(24)20-17-8-3-2-7-16(17)19/h2-8,13H,9-12H2,1H3,(H,20,24). The van der Waals surface area contributed by atoms with E-state index in [1.807, 2.05) is 36.4 Å². The fourth-order valence-electron chi connectivity index (χ4n) is 2.73. The van der Waals surface area contributed by atoms with Gasteiger partial charge in [-0.1, -0.05) is 29.8 Å². The van der Waals surface area contributed by atoms with Crippen LogP contribution in [-0.4, -0.2) is 43.3 Å². The summed E-state index contributed by atoms with van der Waals surface area (Å²) in [7, 11) is 1.69. The minimum absolute atomic E-state index is 0.676. The molecule has 1 heterocycles. The third-order valence-corrected chi connectivity index (χ3v) is 4.79. The van der Waals surface area contributed by atoms with Gasteiger partial charge in [0.25, 0.3) is 0 Å². The smallest absolute Gasteiger partial charge is 0.173 e. The van der Waals surface area contributed by atoms with E-state index in [4.69, 9.17) is 28.6 Å². The van der Waals surface area contributed by atoms with Gasteiger partial charge >= 0.3 is 0 Å². The van der Waals surface area contributed by atoms with Gasteiger partial charge in [-0.2, -0.15) is 0 Å². The van der Waals surface area contributed by atoms with Crippen LogP contribution in [0.5, 0.6) is 5.75 Å². The van der Waals surface area contributed by atoms with Crippen molar-refractivity contribution in [2.75, 3.05) is 43.5 Å². The Hall–Kier alpha value is -1.98. The molecule has 0 saturated carbocycles. The average Bonchev–Trinajstić information content (AvgIpc) is 2.64. The first-order valence-electron chi connectivity index (χ1n) is 7.87. The highest BCUT2D eigenvalue weighted by atomic mass is 35.5. The molecule has 0 aliphatic carbocycles. The molecule has 0 atom stereocenters. The monoisotopic (exact) mass is 361 g/mol. The Morgan fingerprint density at radius 2 is 1.83 bits per heavy atom. The van der Waals surface area contributed by atoms with Gasteiger partial charge in [0.05, 0.1) is 17.8 Å². The predicted molar refractivity (Wildman–Crippen MR) is 104 cm³/mol. The molecule has 0 unspecified atom stereocenters. The van der Waals surface area contributed by atoms with E-state index in [9.17, 15) is 0 Å². The molecule has 6 heteroatoms. The van der Waals surface area contributed by atoms with Crippen molar-refractivity contribution in [1.82, 2.24) is 4.90 Å². The van der Waals surface area contributed by atoms with E-state index in [0.29, 0.717) is 10.1 Å². The van der Waals surface area contributed by atoms with Gasteiger partial charge < -0.3 is 19.9 Å². The summed E-state index contributed by atoms with van der Waals surface area (Å²) in [5.74, 6) is 0.880. The van der Waals surface area contributed by atoms with Crippen LogP contribution in [0.1, 0.15) is 0 Å². The highest BCUT2D eigenvalue weighted by Crippen LogP contribution is 2.23. The largest absolute Gasteiger partial charge is 0.497 e. The van der Waals surface area contributed by atoms with Gasteiger partial charge in [0.2, 0.25) is 0 Å². The van der Waals surface area contributed by atoms with E-state index in [0.717, 1.165) is 37.6 Å². The van der Waals surface area contributed by atoms with Crippen molar-refractivity contribution in [2.24, 2.45) is 0 Å². The Morgan fingerprint density at radius 1 is 1.08 bits per heavy atom. The molecule has 4 nitrogen and oxygen atoms in total. The number of methoxy groups -OCH3 is 1. The van der Waals surface area contributed by atoms with Crippen LogP contribution < -0.4 is 15.0 Å². The number of rotatable bonds is 3. The maximum atomic E-state index is 6.18. The van der Waals surface area contributed by atoms with Gasteiger partial charge in [0.15, 0.2) is 5.11 Å². The number of anilines is 2. The van der Waals surface area contributed by atoms with Crippen LogP contribution in [-0.2, 0) is 0 Å². The number of nitrogens with one attached hydrogen (secondary N) is 1. The summed E-state index contributed by atoms with van der Waals surface area (Å²) in [5, 5.41) is 4.63. The average molecular weight is 362 g/mol. The summed E-state index contributed by atoms with van der Waals surface area (Å²) in [6, 6.07) is 15.8. The molecule has 0 radical (unpaired) electrons. The number of halogens is 1. The quantitative estimate of drug-likeness (QED) is 0.838. The molecule has 3 rings (SSSR count). The zero-order valence-corrected chi connectivity index (χ0v) is 15.1. The topological polar surface area (TPSA) is 27.7 Å². The van der Waals surface area contributed by atoms with Crippen LogP contribution >= 0.6 is 23.8 Å². The van der Waals surface area contributed by atoms with Crippen molar-refractivity contribution in [2.45, 2.75) is 0 Å². The van der Waals surface area contributed by atoms with Crippen molar-refractivity contribution in [3.63, 3.8) is 0 Å². The van der Waals surface area contributed by atoms with Gasteiger partial charge in [-0.15, -0.1) is 0 Å². The molecule has 1 aliphatic heterocycles. The third-order valence-electron chi connectivity index (χ3n) is 4.10. The zero-order valence-electron chi connectivity index (χ0n) is 13.5. The van der Waals surface area contributed by atoms with Crippen LogP contribution in [0.3, 0.4) is 0 Å². The molecule has 1 aliphatic rings. The molecule has 0 bridgehead atoms. The third kappa shape index (κ3) is 3.91. The lowest BCUT2D eigenvalue weighted by molar-refractivity contribution is 0.389. The van der Waals surface area contributed by atoms with Crippen LogP contribution in [0, 0.1) is 0 Å². The summed E-state index contributed by atoms with van der Waals surface area (Å²) in [4.78, 5) is 4.52. The van der Waals surface area contributed by atoms with Gasteiger partial charge in [-0.25, -0.2) is 0 Å². The van der Waals surface area contributed by atoms with Gasteiger partial charge in [0.1, 0.15) is 5.75 Å². The summed E-state index contributed by atoms with van der Waals surface area (Å²) >= 11 is 11.7. The SMILES string of the molecule is COc1cccc(N2CCN(C(=S)Nc3ccccc3Cl)CC2)c1. The Balaban J connectivity index is 1.58. The molecule has 2 aromatic carbocycles. The highest BCUT2D eigenvalue weighted by molar-refractivity contribution is 7.80. The molecule has 0 spiro atoms. The normalized spacial score (nSPS) is 14.4. The number of benzene rings is 2. The molecule has 2 aromatic rings. The van der Waals surface area contributed by atoms with Gasteiger partial charge in [-0.05, 0) is 36.5 Å². The minimum atomic E-state index is 0.676. The van der Waals surface area contributed by atoms with E-state index in [2.05, 4.69) is 27.2 Å². The second-order valence-corrected chi connectivity index (χ2v) is 6.38. The van der Waals surface area contributed by atoms with E-state index >= 15 is 0 Å². The summed E-state index contributed by atoms with van der Waals surface area (Å²) in [6.45, 7) is 3.57. The van der Waals surface area contributed by atoms with E-state index in [1.54, 1.807) is 7.11 Å². The molecule has 0 amide bonds. The van der Waals surface area contributed by atoms with E-state index in [1.165, 1.54) is 5.69 Å². The number of para-hydroxylation sites is 1. The van der Waals surface area contributed by atoms with Crippen molar-refractivity contribution >= 4 is 40.3 Å².